The Labute approximate surface area is 216 Å². The molecular formula is C26H17Cl3N2O4. The van der Waals surface area contributed by atoms with E-state index in [9.17, 15) is 9.59 Å². The van der Waals surface area contributed by atoms with Gasteiger partial charge in [-0.2, -0.15) is 5.10 Å². The van der Waals surface area contributed by atoms with Crippen LogP contribution in [0.5, 0.6) is 11.5 Å². The van der Waals surface area contributed by atoms with Crippen molar-refractivity contribution in [2.45, 2.75) is 0 Å². The quantitative estimate of drug-likeness (QED) is 0.128. The Morgan fingerprint density at radius 1 is 0.886 bits per heavy atom. The van der Waals surface area contributed by atoms with Gasteiger partial charge in [0.15, 0.2) is 6.61 Å². The first-order valence-electron chi connectivity index (χ1n) is 10.3. The third-order valence-corrected chi connectivity index (χ3v) is 5.65. The lowest BCUT2D eigenvalue weighted by molar-refractivity contribution is -0.123. The largest absolute Gasteiger partial charge is 0.484 e. The van der Waals surface area contributed by atoms with Gasteiger partial charge >= 0.3 is 5.97 Å². The maximum atomic E-state index is 12.8. The van der Waals surface area contributed by atoms with Crippen LogP contribution in [0.15, 0.2) is 84.0 Å². The summed E-state index contributed by atoms with van der Waals surface area (Å²) in [6.45, 7) is -0.245. The number of fused-ring (bicyclic) bond motifs is 1. The Hall–Kier alpha value is -3.58. The van der Waals surface area contributed by atoms with Gasteiger partial charge in [-0.05, 0) is 59.3 Å². The molecule has 0 radical (unpaired) electrons. The molecule has 1 N–H and O–H groups in total. The number of nitrogens with one attached hydrogen (secondary N) is 1. The number of halogens is 3. The summed E-state index contributed by atoms with van der Waals surface area (Å²) in [6.07, 6.45) is 1.41. The van der Waals surface area contributed by atoms with Gasteiger partial charge in [0.05, 0.1) is 16.8 Å². The number of hydrogen-bond acceptors (Lipinski definition) is 5. The lowest BCUT2D eigenvalue weighted by Crippen LogP contribution is -2.24. The highest BCUT2D eigenvalue weighted by Gasteiger charge is 2.16. The topological polar surface area (TPSA) is 77.0 Å². The lowest BCUT2D eigenvalue weighted by Gasteiger charge is -2.11. The van der Waals surface area contributed by atoms with E-state index in [2.05, 4.69) is 10.5 Å². The summed E-state index contributed by atoms with van der Waals surface area (Å²) in [6, 6.07) is 22.1. The summed E-state index contributed by atoms with van der Waals surface area (Å²) in [7, 11) is 0. The summed E-state index contributed by atoms with van der Waals surface area (Å²) in [5.41, 5.74) is 3.08. The maximum absolute atomic E-state index is 12.8. The molecule has 0 fully saturated rings. The van der Waals surface area contributed by atoms with Crippen molar-refractivity contribution in [3.05, 3.63) is 105 Å². The number of benzene rings is 4. The highest BCUT2D eigenvalue weighted by atomic mass is 35.5. The van der Waals surface area contributed by atoms with Crippen molar-refractivity contribution < 1.29 is 19.1 Å². The number of rotatable bonds is 7. The molecule has 0 aliphatic rings. The number of hydrogen-bond donors (Lipinski definition) is 1. The number of nitrogens with zero attached hydrogens (tertiary/aromatic N) is 1. The molecule has 0 saturated heterocycles. The molecule has 9 heteroatoms. The molecule has 0 aliphatic heterocycles. The molecule has 0 aliphatic carbocycles. The van der Waals surface area contributed by atoms with Crippen LogP contribution in [0.1, 0.15) is 15.9 Å². The number of carbonyl (C=O) groups excluding carboxylic acids is 2. The van der Waals surface area contributed by atoms with E-state index in [-0.39, 0.29) is 22.9 Å². The van der Waals surface area contributed by atoms with Crippen LogP contribution < -0.4 is 14.9 Å². The second-order valence-electron chi connectivity index (χ2n) is 7.25. The van der Waals surface area contributed by atoms with Gasteiger partial charge in [0.2, 0.25) is 0 Å². The Morgan fingerprint density at radius 3 is 2.40 bits per heavy atom. The lowest BCUT2D eigenvalue weighted by atomic mass is 10.0. The van der Waals surface area contributed by atoms with Crippen molar-refractivity contribution in [1.82, 2.24) is 5.43 Å². The highest BCUT2D eigenvalue weighted by molar-refractivity contribution is 6.36. The molecule has 0 aromatic heterocycles. The van der Waals surface area contributed by atoms with Crippen LogP contribution in [0, 0.1) is 0 Å². The SMILES string of the molecule is O=C(COc1ccc(Cl)cc1)N/N=C\c1c(OC(=O)c2ccc(Cl)cc2Cl)ccc2ccccc12. The molecule has 4 rings (SSSR count). The molecule has 4 aromatic rings. The van der Waals surface area contributed by atoms with Crippen LogP contribution in [-0.2, 0) is 4.79 Å². The van der Waals surface area contributed by atoms with E-state index in [1.165, 1.54) is 18.3 Å². The normalized spacial score (nSPS) is 10.9. The first-order chi connectivity index (χ1) is 16.9. The van der Waals surface area contributed by atoms with E-state index in [0.717, 1.165) is 10.8 Å². The molecule has 1 amide bonds. The van der Waals surface area contributed by atoms with Crippen LogP contribution in [-0.4, -0.2) is 24.7 Å². The third-order valence-electron chi connectivity index (χ3n) is 4.85. The van der Waals surface area contributed by atoms with Crippen molar-refractivity contribution in [1.29, 1.82) is 0 Å². The van der Waals surface area contributed by atoms with Crippen molar-refractivity contribution in [2.24, 2.45) is 5.10 Å². The summed E-state index contributed by atoms with van der Waals surface area (Å²) in [5, 5.41) is 6.84. The standard InChI is InChI=1S/C26H17Cl3N2O4/c27-17-6-9-19(10-7-17)34-15-25(32)31-30-14-22-20-4-2-1-3-16(20)5-12-24(22)35-26(33)21-11-8-18(28)13-23(21)29/h1-14H,15H2,(H,31,32)/b30-14-. The number of ether oxygens (including phenoxy) is 2. The first kappa shape index (κ1) is 24.5. The number of hydrazone groups is 1. The molecule has 4 aromatic carbocycles. The smallest absolute Gasteiger partial charge is 0.345 e. The van der Waals surface area contributed by atoms with Crippen molar-refractivity contribution >= 4 is 63.7 Å². The van der Waals surface area contributed by atoms with Crippen molar-refractivity contribution in [3.8, 4) is 11.5 Å². The van der Waals surface area contributed by atoms with Gasteiger partial charge in [0.25, 0.3) is 5.91 Å². The van der Waals surface area contributed by atoms with Crippen molar-refractivity contribution in [3.63, 3.8) is 0 Å². The average Bonchev–Trinajstić information content (AvgIpc) is 2.84. The van der Waals surface area contributed by atoms with Gasteiger partial charge in [-0.3, -0.25) is 4.79 Å². The molecule has 0 spiro atoms. The van der Waals surface area contributed by atoms with Crippen LogP contribution in [0.4, 0.5) is 0 Å². The molecule has 0 saturated carbocycles. The summed E-state index contributed by atoms with van der Waals surface area (Å²) >= 11 is 17.9. The molecule has 0 heterocycles. The van der Waals surface area contributed by atoms with Gasteiger partial charge in [0.1, 0.15) is 11.5 Å². The molecule has 0 atom stereocenters. The van der Waals surface area contributed by atoms with Crippen LogP contribution in [0.25, 0.3) is 10.8 Å². The summed E-state index contributed by atoms with van der Waals surface area (Å²) in [4.78, 5) is 24.9. The zero-order valence-corrected chi connectivity index (χ0v) is 20.3. The fourth-order valence-corrected chi connectivity index (χ4v) is 3.80. The zero-order valence-electron chi connectivity index (χ0n) is 18.0. The van der Waals surface area contributed by atoms with Gasteiger partial charge in [-0.15, -0.1) is 0 Å². The zero-order chi connectivity index (χ0) is 24.8. The second-order valence-corrected chi connectivity index (χ2v) is 8.53. The molecule has 35 heavy (non-hydrogen) atoms. The van der Waals surface area contributed by atoms with Gasteiger partial charge in [-0.1, -0.05) is 65.1 Å². The Bertz CT molecular complexity index is 1420. The minimum atomic E-state index is -0.656. The predicted octanol–water partition coefficient (Wildman–Crippen LogP) is 6.55. The van der Waals surface area contributed by atoms with Crippen LogP contribution >= 0.6 is 34.8 Å². The summed E-state index contributed by atoms with van der Waals surface area (Å²) in [5.74, 6) is -0.382. The van der Waals surface area contributed by atoms with E-state index >= 15 is 0 Å². The molecular weight excluding hydrogens is 511 g/mol. The van der Waals surface area contributed by atoms with Crippen LogP contribution in [0.2, 0.25) is 15.1 Å². The fraction of sp³-hybridized carbons (Fsp3) is 0.0385. The van der Waals surface area contributed by atoms with E-state index in [1.807, 2.05) is 30.3 Å². The van der Waals surface area contributed by atoms with Crippen LogP contribution in [0.3, 0.4) is 0 Å². The maximum Gasteiger partial charge on any atom is 0.345 e. The Morgan fingerprint density at radius 2 is 1.63 bits per heavy atom. The van der Waals surface area contributed by atoms with Gasteiger partial charge in [0, 0.05) is 15.6 Å². The van der Waals surface area contributed by atoms with Gasteiger partial charge in [-0.25, -0.2) is 10.2 Å². The van der Waals surface area contributed by atoms with Crippen molar-refractivity contribution in [2.75, 3.05) is 6.61 Å². The average molecular weight is 528 g/mol. The molecule has 0 unspecified atom stereocenters. The number of amides is 1. The second kappa shape index (κ2) is 11.2. The molecule has 176 valence electrons. The van der Waals surface area contributed by atoms with Gasteiger partial charge < -0.3 is 9.47 Å². The third kappa shape index (κ3) is 6.31. The van der Waals surface area contributed by atoms with E-state index < -0.39 is 11.9 Å². The van der Waals surface area contributed by atoms with E-state index in [4.69, 9.17) is 44.3 Å². The Kier molecular flexibility index (Phi) is 7.87. The molecule has 6 nitrogen and oxygen atoms in total. The minimum Gasteiger partial charge on any atom is -0.484 e. The Balaban J connectivity index is 1.52. The monoisotopic (exact) mass is 526 g/mol. The first-order valence-corrected chi connectivity index (χ1v) is 11.4. The highest BCUT2D eigenvalue weighted by Crippen LogP contribution is 2.29. The minimum absolute atomic E-state index is 0.166. The molecule has 0 bridgehead atoms. The number of esters is 1. The predicted molar refractivity (Wildman–Crippen MR) is 138 cm³/mol. The fourth-order valence-electron chi connectivity index (χ4n) is 3.19. The van der Waals surface area contributed by atoms with E-state index in [1.54, 1.807) is 36.4 Å². The summed E-state index contributed by atoms with van der Waals surface area (Å²) < 4.78 is 11.0. The number of carbonyl (C=O) groups is 2. The van der Waals surface area contributed by atoms with E-state index in [0.29, 0.717) is 21.4 Å².